The minimum atomic E-state index is -1.36. The van der Waals surface area contributed by atoms with Crippen molar-refractivity contribution in [3.05, 3.63) is 52.5 Å². The molecular weight excluding hydrogens is 559 g/mol. The van der Waals surface area contributed by atoms with Crippen molar-refractivity contribution in [2.75, 3.05) is 17.2 Å². The van der Waals surface area contributed by atoms with E-state index in [9.17, 15) is 14.4 Å². The highest BCUT2D eigenvalue weighted by atomic mass is 35.5. The quantitative estimate of drug-likeness (QED) is 0.136. The van der Waals surface area contributed by atoms with Crippen molar-refractivity contribution in [3.8, 4) is 5.75 Å². The van der Waals surface area contributed by atoms with Gasteiger partial charge in [0.2, 0.25) is 11.8 Å². The number of hydrogen-bond donors (Lipinski definition) is 2. The Hall–Kier alpha value is -2.57. The minimum Gasteiger partial charge on any atom is -0.493 e. The van der Waals surface area contributed by atoms with Gasteiger partial charge in [-0.05, 0) is 65.5 Å². The van der Waals surface area contributed by atoms with Crippen LogP contribution in [0, 0.1) is 5.41 Å². The monoisotopic (exact) mass is 604 g/mol. The summed E-state index contributed by atoms with van der Waals surface area (Å²) in [5.41, 5.74) is 2.35. The van der Waals surface area contributed by atoms with Crippen LogP contribution in [0.2, 0.25) is 5.02 Å². The summed E-state index contributed by atoms with van der Waals surface area (Å²) in [5.74, 6) is -0.394. The molecule has 2 N–H and O–H groups in total. The van der Waals surface area contributed by atoms with Crippen molar-refractivity contribution in [2.24, 2.45) is 5.41 Å². The Bertz CT molecular complexity index is 1250. The molecular formula is C33H46Cl2N2O4. The van der Waals surface area contributed by atoms with Gasteiger partial charge in [-0.25, -0.2) is 0 Å². The second-order valence-corrected chi connectivity index (χ2v) is 13.7. The topological polar surface area (TPSA) is 84.5 Å². The first-order valence-electron chi connectivity index (χ1n) is 14.3. The Labute approximate surface area is 255 Å². The Kier molecular flexibility index (Phi) is 11.9. The highest BCUT2D eigenvalue weighted by molar-refractivity contribution is 6.44. The zero-order valence-corrected chi connectivity index (χ0v) is 27.5. The average molecular weight is 606 g/mol. The van der Waals surface area contributed by atoms with Crippen LogP contribution in [-0.2, 0) is 25.2 Å². The fourth-order valence-electron chi connectivity index (χ4n) is 4.05. The Morgan fingerprint density at radius 3 is 2.10 bits per heavy atom. The lowest BCUT2D eigenvalue weighted by molar-refractivity contribution is -0.130. The lowest BCUT2D eigenvalue weighted by atomic mass is 9.77. The van der Waals surface area contributed by atoms with Crippen LogP contribution in [0.4, 0.5) is 11.4 Å². The van der Waals surface area contributed by atoms with E-state index in [4.69, 9.17) is 27.9 Å². The average Bonchev–Trinajstić information content (AvgIpc) is 2.91. The second kappa shape index (κ2) is 14.1. The van der Waals surface area contributed by atoms with Crippen molar-refractivity contribution in [1.82, 2.24) is 0 Å². The van der Waals surface area contributed by atoms with Crippen LogP contribution in [0.3, 0.4) is 0 Å². The number of ether oxygens (including phenoxy) is 1. The normalized spacial score (nSPS) is 13.0. The predicted molar refractivity (Wildman–Crippen MR) is 171 cm³/mol. The van der Waals surface area contributed by atoms with Crippen LogP contribution in [0.25, 0.3) is 0 Å². The summed E-state index contributed by atoms with van der Waals surface area (Å²) in [4.78, 5) is 37.6. The van der Waals surface area contributed by atoms with Gasteiger partial charge in [-0.3, -0.25) is 14.4 Å². The van der Waals surface area contributed by atoms with Crippen LogP contribution < -0.4 is 15.4 Å². The summed E-state index contributed by atoms with van der Waals surface area (Å²) < 4.78 is 6.27. The molecule has 0 saturated heterocycles. The van der Waals surface area contributed by atoms with Crippen LogP contribution >= 0.6 is 23.2 Å². The summed E-state index contributed by atoms with van der Waals surface area (Å²) >= 11 is 12.3. The van der Waals surface area contributed by atoms with E-state index < -0.39 is 22.5 Å². The number of amides is 2. The van der Waals surface area contributed by atoms with E-state index >= 15 is 0 Å². The highest BCUT2D eigenvalue weighted by Gasteiger charge is 2.33. The van der Waals surface area contributed by atoms with E-state index in [1.54, 1.807) is 39.0 Å². The van der Waals surface area contributed by atoms with Gasteiger partial charge in [0.25, 0.3) is 0 Å². The number of rotatable bonds is 13. The maximum Gasteiger partial charge on any atom is 0.250 e. The molecule has 1 atom stereocenters. The maximum atomic E-state index is 12.7. The molecule has 8 heteroatoms. The number of alkyl halides is 1. The van der Waals surface area contributed by atoms with Gasteiger partial charge >= 0.3 is 0 Å². The third-order valence-electron chi connectivity index (χ3n) is 7.77. The van der Waals surface area contributed by atoms with E-state index in [-0.39, 0.29) is 33.9 Å². The molecule has 2 aromatic carbocycles. The van der Waals surface area contributed by atoms with Gasteiger partial charge in [0.15, 0.2) is 11.2 Å². The van der Waals surface area contributed by atoms with E-state index in [0.29, 0.717) is 18.7 Å². The largest absolute Gasteiger partial charge is 0.493 e. The van der Waals surface area contributed by atoms with Crippen molar-refractivity contribution < 1.29 is 19.1 Å². The summed E-state index contributed by atoms with van der Waals surface area (Å²) in [7, 11) is 0. The fraction of sp³-hybridized carbons (Fsp3) is 0.545. The first-order chi connectivity index (χ1) is 18.9. The third-order valence-corrected chi connectivity index (χ3v) is 8.50. The molecule has 0 aliphatic heterocycles. The molecule has 0 aromatic heterocycles. The summed E-state index contributed by atoms with van der Waals surface area (Å²) in [6.07, 6.45) is 2.77. The van der Waals surface area contributed by atoms with Crippen molar-refractivity contribution in [1.29, 1.82) is 0 Å². The van der Waals surface area contributed by atoms with Gasteiger partial charge in [-0.15, -0.1) is 11.6 Å². The minimum absolute atomic E-state index is 0.0349. The van der Waals surface area contributed by atoms with Gasteiger partial charge in [-0.1, -0.05) is 86.0 Å². The zero-order chi connectivity index (χ0) is 31.2. The second-order valence-electron chi connectivity index (χ2n) is 12.8. The molecule has 0 heterocycles. The lowest BCUT2D eigenvalue weighted by Gasteiger charge is -2.29. The number of carbonyl (C=O) groups excluding carboxylic acids is 3. The third kappa shape index (κ3) is 9.47. The smallest absolute Gasteiger partial charge is 0.250 e. The molecule has 0 aliphatic carbocycles. The maximum absolute atomic E-state index is 12.7. The molecule has 0 aliphatic rings. The molecule has 0 spiro atoms. The zero-order valence-electron chi connectivity index (χ0n) is 26.0. The number of carbonyl (C=O) groups is 3. The summed E-state index contributed by atoms with van der Waals surface area (Å²) in [5, 5.41) is 4.33. The van der Waals surface area contributed by atoms with Crippen LogP contribution in [0.5, 0.6) is 5.75 Å². The molecule has 2 amide bonds. The van der Waals surface area contributed by atoms with Crippen molar-refractivity contribution >= 4 is 52.2 Å². The van der Waals surface area contributed by atoms with E-state index in [1.165, 1.54) is 11.1 Å². The standard InChI is InChI=1S/C33H46Cl2N2O4/c1-10-32(6,7)21-14-16-23(33(8,9)11-2)26(19-21)41-18-12-13-27(38)36-22-15-17-24(34)25(20-22)37-30(40)28(35)29(39)31(3,4)5/h14-17,19-20,28H,10-13,18H2,1-9H3,(H,36,38)(H,37,40). The number of ketones is 1. The number of halogens is 2. The van der Waals surface area contributed by atoms with Gasteiger partial charge in [-0.2, -0.15) is 0 Å². The van der Waals surface area contributed by atoms with Crippen LogP contribution in [0.1, 0.15) is 99.1 Å². The van der Waals surface area contributed by atoms with E-state index in [0.717, 1.165) is 18.6 Å². The van der Waals surface area contributed by atoms with Crippen molar-refractivity contribution in [3.63, 3.8) is 0 Å². The van der Waals surface area contributed by atoms with Gasteiger partial charge in [0, 0.05) is 17.5 Å². The molecule has 2 aromatic rings. The SMILES string of the molecule is CCC(C)(C)c1ccc(C(C)(C)CC)c(OCCCC(=O)Nc2ccc(Cl)c(NC(=O)C(Cl)C(=O)C(C)(C)C)c2)c1. The highest BCUT2D eigenvalue weighted by Crippen LogP contribution is 2.38. The number of anilines is 2. The Morgan fingerprint density at radius 2 is 1.51 bits per heavy atom. The first kappa shape index (κ1) is 34.6. The van der Waals surface area contributed by atoms with E-state index in [1.807, 2.05) is 0 Å². The van der Waals surface area contributed by atoms with Gasteiger partial charge < -0.3 is 15.4 Å². The van der Waals surface area contributed by atoms with Gasteiger partial charge in [0.05, 0.1) is 17.3 Å². The van der Waals surface area contributed by atoms with E-state index in [2.05, 4.69) is 70.4 Å². The lowest BCUT2D eigenvalue weighted by Crippen LogP contribution is -2.37. The first-order valence-corrected chi connectivity index (χ1v) is 15.1. The van der Waals surface area contributed by atoms with Gasteiger partial charge in [0.1, 0.15) is 5.75 Å². The Balaban J connectivity index is 2.03. The molecule has 1 unspecified atom stereocenters. The molecule has 0 fully saturated rings. The predicted octanol–water partition coefficient (Wildman–Crippen LogP) is 8.67. The molecule has 6 nitrogen and oxygen atoms in total. The molecule has 0 bridgehead atoms. The van der Waals surface area contributed by atoms with Crippen LogP contribution in [-0.4, -0.2) is 29.6 Å². The molecule has 226 valence electrons. The van der Waals surface area contributed by atoms with Crippen LogP contribution in [0.15, 0.2) is 36.4 Å². The molecule has 41 heavy (non-hydrogen) atoms. The fourth-order valence-corrected chi connectivity index (χ4v) is 4.60. The number of Topliss-reactive ketones (excluding diaryl/α,β-unsaturated/α-hetero) is 1. The Morgan fingerprint density at radius 1 is 0.878 bits per heavy atom. The number of benzene rings is 2. The number of nitrogens with one attached hydrogen (secondary N) is 2. The summed E-state index contributed by atoms with van der Waals surface area (Å²) in [6.45, 7) is 18.7. The summed E-state index contributed by atoms with van der Waals surface area (Å²) in [6, 6.07) is 11.3. The number of hydrogen-bond acceptors (Lipinski definition) is 4. The molecule has 2 rings (SSSR count). The van der Waals surface area contributed by atoms with Crippen molar-refractivity contribution in [2.45, 2.75) is 104 Å². The molecule has 0 radical (unpaired) electrons. The molecule has 0 saturated carbocycles.